The molecule has 0 N–H and O–H groups in total. The lowest BCUT2D eigenvalue weighted by Gasteiger charge is -2.19. The van der Waals surface area contributed by atoms with Crippen molar-refractivity contribution in [2.45, 2.75) is 0 Å². The molecule has 0 aliphatic carbocycles. The molecule has 10 aromatic carbocycles. The zero-order valence-electron chi connectivity index (χ0n) is 36.8. The average Bonchev–Trinajstić information content (AvgIpc) is 3.97. The summed E-state index contributed by atoms with van der Waals surface area (Å²) < 4.78 is 4.95. The summed E-state index contributed by atoms with van der Waals surface area (Å²) in [5, 5.41) is 4.96. The lowest BCUT2D eigenvalue weighted by atomic mass is 9.85. The molecule has 0 saturated carbocycles. The van der Waals surface area contributed by atoms with Crippen LogP contribution in [0.4, 0.5) is 0 Å². The van der Waals surface area contributed by atoms with E-state index in [2.05, 4.69) is 211 Å². The number of hydrogen-bond acceptors (Lipinski definition) is 4. The van der Waals surface area contributed by atoms with Crippen LogP contribution >= 0.6 is 11.3 Å². The van der Waals surface area contributed by atoms with Gasteiger partial charge in [0, 0.05) is 48.6 Å². The highest BCUT2D eigenvalue weighted by molar-refractivity contribution is 7.26. The molecule has 0 radical (unpaired) electrons. The van der Waals surface area contributed by atoms with Crippen molar-refractivity contribution in [2.75, 3.05) is 0 Å². The summed E-state index contributed by atoms with van der Waals surface area (Å²) >= 11 is 1.86. The van der Waals surface area contributed by atoms with Crippen LogP contribution in [0.15, 0.2) is 243 Å². The second-order valence-corrected chi connectivity index (χ2v) is 18.2. The van der Waals surface area contributed by atoms with E-state index >= 15 is 0 Å². The summed E-state index contributed by atoms with van der Waals surface area (Å²) in [5.41, 5.74) is 15.3. The summed E-state index contributed by atoms with van der Waals surface area (Å²) in [6, 6.07) is 86.4. The van der Waals surface area contributed by atoms with E-state index in [1.807, 2.05) is 47.7 Å². The van der Waals surface area contributed by atoms with E-state index in [1.54, 1.807) is 0 Å². The van der Waals surface area contributed by atoms with Crippen LogP contribution in [-0.4, -0.2) is 19.5 Å². The molecule has 0 fully saturated rings. The molecule has 4 nitrogen and oxygen atoms in total. The third kappa shape index (κ3) is 6.79. The molecule has 0 spiro atoms. The molecule has 3 aromatic heterocycles. The second kappa shape index (κ2) is 16.6. The van der Waals surface area contributed by atoms with Crippen molar-refractivity contribution in [2.24, 2.45) is 0 Å². The van der Waals surface area contributed by atoms with Crippen molar-refractivity contribution >= 4 is 53.3 Å². The van der Waals surface area contributed by atoms with Gasteiger partial charge in [-0.25, -0.2) is 15.0 Å². The van der Waals surface area contributed by atoms with Crippen LogP contribution in [0.2, 0.25) is 0 Å². The minimum Gasteiger partial charge on any atom is -0.308 e. The smallest absolute Gasteiger partial charge is 0.164 e. The van der Waals surface area contributed by atoms with Gasteiger partial charge in [0.05, 0.1) is 15.7 Å². The van der Waals surface area contributed by atoms with E-state index < -0.39 is 0 Å². The minimum atomic E-state index is 0.609. The number of rotatable bonds is 8. The predicted octanol–water partition coefficient (Wildman–Crippen LogP) is 17.0. The topological polar surface area (TPSA) is 43.6 Å². The molecule has 0 saturated heterocycles. The van der Waals surface area contributed by atoms with E-state index in [0.29, 0.717) is 17.5 Å². The van der Waals surface area contributed by atoms with Crippen LogP contribution in [0.5, 0.6) is 0 Å². The third-order valence-corrected chi connectivity index (χ3v) is 14.3. The number of fused-ring (bicyclic) bond motifs is 7. The molecule has 5 heteroatoms. The van der Waals surface area contributed by atoms with Gasteiger partial charge >= 0.3 is 0 Å². The van der Waals surface area contributed by atoms with Crippen molar-refractivity contribution in [1.82, 2.24) is 19.5 Å². The van der Waals surface area contributed by atoms with E-state index in [9.17, 15) is 0 Å². The fourth-order valence-electron chi connectivity index (χ4n) is 9.94. The predicted molar refractivity (Wildman–Crippen MR) is 285 cm³/mol. The van der Waals surface area contributed by atoms with E-state index in [0.717, 1.165) is 66.9 Å². The fraction of sp³-hybridized carbons (Fsp3) is 0. The van der Waals surface area contributed by atoms with E-state index in [1.165, 1.54) is 42.0 Å². The van der Waals surface area contributed by atoms with Crippen LogP contribution in [0.25, 0.3) is 126 Å². The van der Waals surface area contributed by atoms with Gasteiger partial charge in [-0.2, -0.15) is 0 Å². The van der Waals surface area contributed by atoms with E-state index in [4.69, 9.17) is 15.0 Å². The van der Waals surface area contributed by atoms with Gasteiger partial charge in [-0.05, 0) is 80.9 Å². The van der Waals surface area contributed by atoms with Crippen molar-refractivity contribution in [3.63, 3.8) is 0 Å². The normalized spacial score (nSPS) is 11.5. The molecule has 13 aromatic rings. The van der Waals surface area contributed by atoms with Gasteiger partial charge in [0.15, 0.2) is 17.5 Å². The summed E-state index contributed by atoms with van der Waals surface area (Å²) in [5.74, 6) is 1.85. The summed E-state index contributed by atoms with van der Waals surface area (Å²) in [6.07, 6.45) is 0. The number of aromatic nitrogens is 4. The first-order valence-electron chi connectivity index (χ1n) is 22.9. The summed E-state index contributed by atoms with van der Waals surface area (Å²) in [4.78, 5) is 15.8. The van der Waals surface area contributed by atoms with E-state index in [-0.39, 0.29) is 0 Å². The lowest BCUT2D eigenvalue weighted by Crippen LogP contribution is -2.01. The van der Waals surface area contributed by atoms with Crippen molar-refractivity contribution < 1.29 is 0 Å². The Balaban J connectivity index is 1.08. The molecule has 0 amide bonds. The molecular weight excluding hydrogens is 845 g/mol. The molecule has 13 rings (SSSR count). The Bertz CT molecular complexity index is 3880. The van der Waals surface area contributed by atoms with Gasteiger partial charge in [0.2, 0.25) is 0 Å². The molecule has 0 aliphatic heterocycles. The highest BCUT2D eigenvalue weighted by atomic mass is 32.1. The Hall–Kier alpha value is -8.77. The number of benzene rings is 10. The maximum atomic E-state index is 5.35. The van der Waals surface area contributed by atoms with Crippen molar-refractivity contribution in [1.29, 1.82) is 0 Å². The second-order valence-electron chi connectivity index (χ2n) is 17.1. The summed E-state index contributed by atoms with van der Waals surface area (Å²) in [7, 11) is 0. The zero-order chi connectivity index (χ0) is 45.0. The average molecular weight is 885 g/mol. The van der Waals surface area contributed by atoms with Crippen LogP contribution in [-0.2, 0) is 0 Å². The fourth-order valence-corrected chi connectivity index (χ4v) is 11.2. The van der Waals surface area contributed by atoms with Gasteiger partial charge in [-0.15, -0.1) is 11.3 Å². The number of para-hydroxylation sites is 2. The Morgan fingerprint density at radius 1 is 0.309 bits per heavy atom. The maximum Gasteiger partial charge on any atom is 0.164 e. The SMILES string of the molecule is c1ccc(-c2nc(-c3ccccc3)nc(-c3cc(-c4c(-c5ccccc5)cccc4-c4ccccc4)ccc3-c3ccc4sc5c(ccc6c7ccccc7n(-c7ccccc7)c65)c4c3)n2)cc1. The molecule has 0 unspecified atom stereocenters. The van der Waals surface area contributed by atoms with Gasteiger partial charge < -0.3 is 4.57 Å². The number of hydrogen-bond donors (Lipinski definition) is 0. The highest BCUT2D eigenvalue weighted by Gasteiger charge is 2.22. The molecule has 3 heterocycles. The maximum absolute atomic E-state index is 5.35. The Morgan fingerprint density at radius 2 is 0.838 bits per heavy atom. The highest BCUT2D eigenvalue weighted by Crippen LogP contribution is 2.47. The number of nitrogens with zero attached hydrogens (tertiary/aromatic N) is 4. The largest absolute Gasteiger partial charge is 0.308 e. The zero-order valence-corrected chi connectivity index (χ0v) is 37.6. The molecule has 0 aliphatic rings. The Kier molecular flexibility index (Phi) is 9.66. The monoisotopic (exact) mass is 884 g/mol. The lowest BCUT2D eigenvalue weighted by molar-refractivity contribution is 1.07. The molecule has 318 valence electrons. The molecule has 68 heavy (non-hydrogen) atoms. The minimum absolute atomic E-state index is 0.609. The Labute approximate surface area is 397 Å². The standard InChI is InChI=1S/C63H40N4S/c1-6-19-41(20-7-1)49-30-18-31-50(42-21-8-2-9-22-42)58(49)46-33-35-48(55(40-46)63-65-61(43-23-10-3-11-24-43)64-62(66-63)44-25-12-4-13-26-44)45-34-38-57-54(39-45)53-37-36-52-51-29-16-17-32-56(51)67(59(52)60(53)68-57)47-27-14-5-15-28-47/h1-40H. The molecule has 0 bridgehead atoms. The van der Waals surface area contributed by atoms with Crippen LogP contribution < -0.4 is 0 Å². The number of thiophene rings is 1. The van der Waals surface area contributed by atoms with Gasteiger partial charge in [0.25, 0.3) is 0 Å². The van der Waals surface area contributed by atoms with Crippen molar-refractivity contribution in [3.05, 3.63) is 243 Å². The molecular formula is C63H40N4S. The van der Waals surface area contributed by atoms with Gasteiger partial charge in [-0.3, -0.25) is 0 Å². The molecule has 0 atom stereocenters. The van der Waals surface area contributed by atoms with Crippen LogP contribution in [0.1, 0.15) is 0 Å². The first kappa shape index (κ1) is 39.6. The summed E-state index contributed by atoms with van der Waals surface area (Å²) in [6.45, 7) is 0. The van der Waals surface area contributed by atoms with Crippen LogP contribution in [0.3, 0.4) is 0 Å². The Morgan fingerprint density at radius 3 is 1.47 bits per heavy atom. The van der Waals surface area contributed by atoms with Crippen molar-refractivity contribution in [3.8, 4) is 84.4 Å². The van der Waals surface area contributed by atoms with Gasteiger partial charge in [0.1, 0.15) is 0 Å². The van der Waals surface area contributed by atoms with Crippen LogP contribution in [0, 0.1) is 0 Å². The van der Waals surface area contributed by atoms with Gasteiger partial charge in [-0.1, -0.05) is 206 Å². The first-order chi connectivity index (χ1) is 33.7. The third-order valence-electron chi connectivity index (χ3n) is 13.1. The first-order valence-corrected chi connectivity index (χ1v) is 23.7. The quantitative estimate of drug-likeness (QED) is 0.153.